The number of esters is 1. The van der Waals surface area contributed by atoms with Crippen LogP contribution < -0.4 is 10.2 Å². The van der Waals surface area contributed by atoms with Crippen LogP contribution in [0.25, 0.3) is 22.3 Å². The smallest absolute Gasteiger partial charge is 0.302 e. The number of aliphatic hydroxyl groups is 3. The molecule has 1 aliphatic heterocycles. The van der Waals surface area contributed by atoms with Gasteiger partial charge in [0.25, 0.3) is 0 Å². The summed E-state index contributed by atoms with van der Waals surface area (Å²) in [4.78, 5) is 24.5. The number of hydrogen-bond acceptors (Lipinski definition) is 12. The molecule has 35 heavy (non-hydrogen) atoms. The van der Waals surface area contributed by atoms with E-state index < -0.39 is 60.2 Å². The minimum absolute atomic E-state index is 0.0777. The van der Waals surface area contributed by atoms with Crippen molar-refractivity contribution in [3.63, 3.8) is 0 Å². The number of carbonyl (C=O) groups is 1. The van der Waals surface area contributed by atoms with Gasteiger partial charge in [0.2, 0.25) is 17.5 Å². The maximum atomic E-state index is 13.4. The van der Waals surface area contributed by atoms with E-state index in [1.165, 1.54) is 24.3 Å². The molecule has 2 heterocycles. The molecule has 1 aromatic heterocycles. The summed E-state index contributed by atoms with van der Waals surface area (Å²) in [5, 5.41) is 60.2. The van der Waals surface area contributed by atoms with Gasteiger partial charge in [-0.05, 0) is 24.3 Å². The minimum Gasteiger partial charge on any atom is -0.508 e. The van der Waals surface area contributed by atoms with Crippen LogP contribution in [0.3, 0.4) is 0 Å². The molecule has 5 atom stereocenters. The van der Waals surface area contributed by atoms with Crippen LogP contribution in [0.1, 0.15) is 6.92 Å². The third-order valence-electron chi connectivity index (χ3n) is 5.40. The lowest BCUT2D eigenvalue weighted by molar-refractivity contribution is -0.278. The molecular weight excluding hydrogens is 468 g/mol. The van der Waals surface area contributed by atoms with E-state index in [-0.39, 0.29) is 33.8 Å². The van der Waals surface area contributed by atoms with E-state index in [2.05, 4.69) is 0 Å². The number of phenols is 3. The SMILES string of the molecule is CC(=O)OCC1O[C@@H](Oc2c(-c3ccc(O)cc3)oc3cc(O)cc(O)c3c2=O)C(O)C(O)[C@@H]1O. The molecule has 2 aromatic carbocycles. The van der Waals surface area contributed by atoms with E-state index in [0.717, 1.165) is 19.1 Å². The van der Waals surface area contributed by atoms with Gasteiger partial charge in [-0.25, -0.2) is 0 Å². The number of ether oxygens (including phenoxy) is 3. The fraction of sp³-hybridized carbons (Fsp3) is 0.304. The summed E-state index contributed by atoms with van der Waals surface area (Å²) in [5.74, 6) is -2.49. The first kappa shape index (κ1) is 24.3. The van der Waals surface area contributed by atoms with Gasteiger partial charge in [0.15, 0.2) is 5.76 Å². The lowest BCUT2D eigenvalue weighted by atomic mass is 9.99. The van der Waals surface area contributed by atoms with Crippen LogP contribution in [0.5, 0.6) is 23.0 Å². The highest BCUT2D eigenvalue weighted by Gasteiger charge is 2.46. The van der Waals surface area contributed by atoms with Crippen LogP contribution in [-0.2, 0) is 14.3 Å². The summed E-state index contributed by atoms with van der Waals surface area (Å²) in [6, 6.07) is 7.44. The number of hydrogen-bond donors (Lipinski definition) is 6. The molecule has 1 saturated heterocycles. The normalized spacial score (nSPS) is 24.3. The molecule has 0 aliphatic carbocycles. The largest absolute Gasteiger partial charge is 0.508 e. The molecule has 0 bridgehead atoms. The first-order chi connectivity index (χ1) is 16.6. The molecule has 4 rings (SSSR count). The molecule has 1 aliphatic rings. The van der Waals surface area contributed by atoms with Crippen LogP contribution >= 0.6 is 0 Å². The number of carbonyl (C=O) groups excluding carboxylic acids is 1. The Morgan fingerprint density at radius 2 is 1.66 bits per heavy atom. The maximum Gasteiger partial charge on any atom is 0.302 e. The van der Waals surface area contributed by atoms with Crippen molar-refractivity contribution in [2.45, 2.75) is 37.6 Å². The summed E-state index contributed by atoms with van der Waals surface area (Å²) < 4.78 is 21.7. The molecule has 0 amide bonds. The minimum atomic E-state index is -1.84. The summed E-state index contributed by atoms with van der Waals surface area (Å²) in [5.41, 5.74) is -0.849. The van der Waals surface area contributed by atoms with Crippen molar-refractivity contribution in [3.8, 4) is 34.3 Å². The molecular formula is C23H22O12. The molecule has 3 aromatic rings. The van der Waals surface area contributed by atoms with Crippen LogP contribution in [0.4, 0.5) is 0 Å². The highest BCUT2D eigenvalue weighted by Crippen LogP contribution is 2.37. The fourth-order valence-corrected chi connectivity index (χ4v) is 3.65. The molecule has 1 fully saturated rings. The average Bonchev–Trinajstić information content (AvgIpc) is 2.80. The summed E-state index contributed by atoms with van der Waals surface area (Å²) >= 11 is 0. The molecule has 186 valence electrons. The standard InChI is InChI=1S/C23H22O12/c1-9(24)32-8-15-17(28)19(30)20(31)23(34-15)35-22-18(29)16-13(27)6-12(26)7-14(16)33-21(22)10-2-4-11(25)5-3-10/h2-7,15,17,19-20,23,25-28,30-31H,8H2,1H3/t15?,17-,19?,20?,23+/m1/s1. The second kappa shape index (κ2) is 9.43. The summed E-state index contributed by atoms with van der Waals surface area (Å²) in [7, 11) is 0. The Labute approximate surface area is 196 Å². The monoisotopic (exact) mass is 490 g/mol. The van der Waals surface area contributed by atoms with Gasteiger partial charge >= 0.3 is 5.97 Å². The average molecular weight is 490 g/mol. The molecule has 3 unspecified atom stereocenters. The Bertz CT molecular complexity index is 1300. The zero-order valence-corrected chi connectivity index (χ0v) is 18.2. The van der Waals surface area contributed by atoms with Crippen molar-refractivity contribution >= 4 is 16.9 Å². The van der Waals surface area contributed by atoms with Crippen molar-refractivity contribution < 1.29 is 54.1 Å². The summed E-state index contributed by atoms with van der Waals surface area (Å²) in [6.07, 6.45) is -8.30. The predicted molar refractivity (Wildman–Crippen MR) is 117 cm³/mol. The van der Waals surface area contributed by atoms with Crippen molar-refractivity contribution in [2.75, 3.05) is 6.61 Å². The maximum absolute atomic E-state index is 13.4. The second-order valence-electron chi connectivity index (χ2n) is 7.91. The Morgan fingerprint density at radius 3 is 2.31 bits per heavy atom. The summed E-state index contributed by atoms with van der Waals surface area (Å²) in [6.45, 7) is 0.653. The van der Waals surface area contributed by atoms with E-state index in [9.17, 15) is 40.2 Å². The van der Waals surface area contributed by atoms with Crippen LogP contribution in [0, 0.1) is 0 Å². The zero-order valence-electron chi connectivity index (χ0n) is 18.2. The number of aromatic hydroxyl groups is 3. The van der Waals surface area contributed by atoms with Crippen LogP contribution in [-0.4, -0.2) is 73.9 Å². The van der Waals surface area contributed by atoms with Gasteiger partial charge in [0.1, 0.15) is 59.2 Å². The Hall–Kier alpha value is -3.84. The van der Waals surface area contributed by atoms with Gasteiger partial charge < -0.3 is 49.3 Å². The van der Waals surface area contributed by atoms with Crippen molar-refractivity contribution in [2.24, 2.45) is 0 Å². The van der Waals surface area contributed by atoms with Gasteiger partial charge in [-0.2, -0.15) is 0 Å². The van der Waals surface area contributed by atoms with E-state index in [1.54, 1.807) is 0 Å². The molecule has 0 radical (unpaired) electrons. The zero-order chi connectivity index (χ0) is 25.4. The van der Waals surface area contributed by atoms with Crippen molar-refractivity contribution in [1.29, 1.82) is 0 Å². The molecule has 12 nitrogen and oxygen atoms in total. The molecule has 0 saturated carbocycles. The lowest BCUT2D eigenvalue weighted by Gasteiger charge is -2.39. The number of phenolic OH excluding ortho intramolecular Hbond substituents is 3. The number of fused-ring (bicyclic) bond motifs is 1. The van der Waals surface area contributed by atoms with Gasteiger partial charge in [-0.15, -0.1) is 0 Å². The van der Waals surface area contributed by atoms with Crippen molar-refractivity contribution in [1.82, 2.24) is 0 Å². The third kappa shape index (κ3) is 4.72. The van der Waals surface area contributed by atoms with Gasteiger partial charge in [0.05, 0.1) is 0 Å². The highest BCUT2D eigenvalue weighted by molar-refractivity contribution is 5.88. The van der Waals surface area contributed by atoms with Gasteiger partial charge in [-0.3, -0.25) is 9.59 Å². The number of benzene rings is 2. The quantitative estimate of drug-likeness (QED) is 0.268. The fourth-order valence-electron chi connectivity index (χ4n) is 3.65. The second-order valence-corrected chi connectivity index (χ2v) is 7.91. The Morgan fingerprint density at radius 1 is 0.971 bits per heavy atom. The van der Waals surface area contributed by atoms with E-state index in [0.29, 0.717) is 0 Å². The first-order valence-corrected chi connectivity index (χ1v) is 10.4. The van der Waals surface area contributed by atoms with E-state index >= 15 is 0 Å². The van der Waals surface area contributed by atoms with Crippen LogP contribution in [0.2, 0.25) is 0 Å². The van der Waals surface area contributed by atoms with E-state index in [4.69, 9.17) is 18.6 Å². The molecule has 0 spiro atoms. The third-order valence-corrected chi connectivity index (χ3v) is 5.40. The number of rotatable bonds is 5. The van der Waals surface area contributed by atoms with Crippen LogP contribution in [0.15, 0.2) is 45.6 Å². The first-order valence-electron chi connectivity index (χ1n) is 10.4. The number of aliphatic hydroxyl groups excluding tert-OH is 3. The topological polar surface area (TPSA) is 196 Å². The predicted octanol–water partition coefficient (Wildman–Crippen LogP) is 0.326. The van der Waals surface area contributed by atoms with Gasteiger partial charge in [-0.1, -0.05) is 0 Å². The van der Waals surface area contributed by atoms with E-state index in [1.807, 2.05) is 0 Å². The van der Waals surface area contributed by atoms with Crippen molar-refractivity contribution in [3.05, 3.63) is 46.6 Å². The highest BCUT2D eigenvalue weighted by atomic mass is 16.7. The Kier molecular flexibility index (Phi) is 6.54. The molecule has 12 heteroatoms. The lowest BCUT2D eigenvalue weighted by Crippen LogP contribution is -2.60. The Balaban J connectivity index is 1.81. The molecule has 6 N–H and O–H groups in total. The van der Waals surface area contributed by atoms with Gasteiger partial charge in [0, 0.05) is 24.6 Å².